The zero-order valence-electron chi connectivity index (χ0n) is 10.00. The molecule has 0 fully saturated rings. The molecular weight excluding hydrogens is 190 g/mol. The molecule has 0 bridgehead atoms. The van der Waals surface area contributed by atoms with Crippen LogP contribution in [0.25, 0.3) is 0 Å². The Kier molecular flexibility index (Phi) is 3.00. The van der Waals surface area contributed by atoms with Crippen LogP contribution in [0.1, 0.15) is 33.5 Å². The predicted molar refractivity (Wildman–Crippen MR) is 60.8 cm³/mol. The highest BCUT2D eigenvalue weighted by molar-refractivity contribution is 5.37. The molecule has 0 aromatic carbocycles. The van der Waals surface area contributed by atoms with E-state index in [0.29, 0.717) is 5.82 Å². The normalized spacial score (nSPS) is 12.7. The molecule has 1 aromatic rings. The summed E-state index contributed by atoms with van der Waals surface area (Å²) < 4.78 is 0. The lowest BCUT2D eigenvalue weighted by molar-refractivity contribution is 0.0238. The lowest BCUT2D eigenvalue weighted by Crippen LogP contribution is -2.51. The van der Waals surface area contributed by atoms with Crippen molar-refractivity contribution in [2.45, 2.75) is 45.8 Å². The van der Waals surface area contributed by atoms with Crippen LogP contribution < -0.4 is 5.32 Å². The maximum Gasteiger partial charge on any atom is 0.130 e. The van der Waals surface area contributed by atoms with Gasteiger partial charge < -0.3 is 10.4 Å². The number of aryl methyl sites for hydroxylation is 1. The minimum absolute atomic E-state index is 0.451. The molecule has 15 heavy (non-hydrogen) atoms. The van der Waals surface area contributed by atoms with Crippen LogP contribution in [-0.4, -0.2) is 26.2 Å². The molecule has 0 radical (unpaired) electrons. The average Bonchev–Trinajstić information content (AvgIpc) is 2.00. The van der Waals surface area contributed by atoms with Crippen molar-refractivity contribution < 1.29 is 5.11 Å². The number of nitrogens with one attached hydrogen (secondary N) is 1. The van der Waals surface area contributed by atoms with E-state index in [1.54, 1.807) is 26.1 Å². The highest BCUT2D eigenvalue weighted by Gasteiger charge is 2.35. The van der Waals surface area contributed by atoms with Gasteiger partial charge in [-0.1, -0.05) is 0 Å². The summed E-state index contributed by atoms with van der Waals surface area (Å²) in [7, 11) is 0. The molecule has 1 rings (SSSR count). The first-order valence-electron chi connectivity index (χ1n) is 5.02. The Morgan fingerprint density at radius 1 is 1.27 bits per heavy atom. The van der Waals surface area contributed by atoms with Gasteiger partial charge in [-0.05, 0) is 40.7 Å². The summed E-state index contributed by atoms with van der Waals surface area (Å²) >= 11 is 0. The minimum atomic E-state index is -0.828. The number of rotatable bonds is 3. The monoisotopic (exact) mass is 209 g/mol. The van der Waals surface area contributed by atoms with Gasteiger partial charge in [0.1, 0.15) is 11.6 Å². The van der Waals surface area contributed by atoms with Gasteiger partial charge in [0.15, 0.2) is 0 Å². The molecule has 0 spiro atoms. The number of hydrogen-bond acceptors (Lipinski definition) is 4. The quantitative estimate of drug-likeness (QED) is 0.796. The van der Waals surface area contributed by atoms with E-state index < -0.39 is 11.1 Å². The van der Waals surface area contributed by atoms with E-state index >= 15 is 0 Å². The van der Waals surface area contributed by atoms with Gasteiger partial charge in [-0.3, -0.25) is 0 Å². The second kappa shape index (κ2) is 3.77. The summed E-state index contributed by atoms with van der Waals surface area (Å²) in [5, 5.41) is 13.2. The second-order valence-corrected chi connectivity index (χ2v) is 4.80. The standard InChI is InChI=1S/C11H19N3O/c1-8-12-7-6-9(13-8)14-10(2,3)11(4,5)15/h6-7,15H,1-5H3,(H,12,13,14). The first-order valence-corrected chi connectivity index (χ1v) is 5.02. The summed E-state index contributed by atoms with van der Waals surface area (Å²) in [5.74, 6) is 1.45. The third kappa shape index (κ3) is 2.89. The van der Waals surface area contributed by atoms with E-state index in [0.717, 1.165) is 5.82 Å². The fourth-order valence-corrected chi connectivity index (χ4v) is 0.999. The fraction of sp³-hybridized carbons (Fsp3) is 0.636. The summed E-state index contributed by atoms with van der Waals surface area (Å²) in [6.45, 7) is 9.25. The first-order chi connectivity index (χ1) is 6.72. The molecule has 84 valence electrons. The Labute approximate surface area is 90.8 Å². The number of aliphatic hydroxyl groups is 1. The van der Waals surface area contributed by atoms with Gasteiger partial charge in [-0.2, -0.15) is 0 Å². The van der Waals surface area contributed by atoms with Crippen molar-refractivity contribution in [3.63, 3.8) is 0 Å². The molecule has 0 aliphatic rings. The van der Waals surface area contributed by atoms with Gasteiger partial charge in [-0.15, -0.1) is 0 Å². The van der Waals surface area contributed by atoms with Crippen molar-refractivity contribution in [1.82, 2.24) is 9.97 Å². The van der Waals surface area contributed by atoms with Gasteiger partial charge in [0.05, 0.1) is 11.1 Å². The summed E-state index contributed by atoms with van der Waals surface area (Å²) in [4.78, 5) is 8.26. The van der Waals surface area contributed by atoms with E-state index in [1.807, 2.05) is 20.8 Å². The average molecular weight is 209 g/mol. The smallest absolute Gasteiger partial charge is 0.130 e. The van der Waals surface area contributed by atoms with Crippen LogP contribution >= 0.6 is 0 Å². The Bertz CT molecular complexity index is 342. The third-order valence-corrected chi connectivity index (χ3v) is 2.75. The topological polar surface area (TPSA) is 58.0 Å². The molecule has 0 aliphatic carbocycles. The molecule has 0 amide bonds. The molecule has 4 nitrogen and oxygen atoms in total. The third-order valence-electron chi connectivity index (χ3n) is 2.75. The Morgan fingerprint density at radius 2 is 1.87 bits per heavy atom. The van der Waals surface area contributed by atoms with E-state index in [-0.39, 0.29) is 0 Å². The van der Waals surface area contributed by atoms with Crippen molar-refractivity contribution >= 4 is 5.82 Å². The molecule has 1 heterocycles. The van der Waals surface area contributed by atoms with Crippen LogP contribution in [0.3, 0.4) is 0 Å². The first kappa shape index (κ1) is 11.9. The fourth-order valence-electron chi connectivity index (χ4n) is 0.999. The molecule has 0 saturated carbocycles. The Morgan fingerprint density at radius 3 is 2.33 bits per heavy atom. The lowest BCUT2D eigenvalue weighted by atomic mass is 9.86. The largest absolute Gasteiger partial charge is 0.388 e. The zero-order valence-corrected chi connectivity index (χ0v) is 10.00. The number of anilines is 1. The molecule has 0 atom stereocenters. The molecule has 0 aliphatic heterocycles. The number of hydrogen-bond donors (Lipinski definition) is 2. The molecule has 0 unspecified atom stereocenters. The SMILES string of the molecule is Cc1nccc(NC(C)(C)C(C)(C)O)n1. The van der Waals surface area contributed by atoms with E-state index in [9.17, 15) is 5.11 Å². The van der Waals surface area contributed by atoms with Crippen LogP contribution in [0, 0.1) is 6.92 Å². The van der Waals surface area contributed by atoms with Crippen molar-refractivity contribution in [2.24, 2.45) is 0 Å². The van der Waals surface area contributed by atoms with E-state index in [2.05, 4.69) is 15.3 Å². The second-order valence-electron chi connectivity index (χ2n) is 4.80. The molecule has 2 N–H and O–H groups in total. The van der Waals surface area contributed by atoms with Gasteiger partial charge in [-0.25, -0.2) is 9.97 Å². The predicted octanol–water partition coefficient (Wildman–Crippen LogP) is 1.75. The van der Waals surface area contributed by atoms with Crippen LogP contribution in [0.5, 0.6) is 0 Å². The van der Waals surface area contributed by atoms with Crippen LogP contribution in [0.2, 0.25) is 0 Å². The Hall–Kier alpha value is -1.16. The van der Waals surface area contributed by atoms with Crippen LogP contribution in [0.15, 0.2) is 12.3 Å². The molecule has 1 aromatic heterocycles. The molecule has 0 saturated heterocycles. The Balaban J connectivity index is 2.87. The van der Waals surface area contributed by atoms with Crippen molar-refractivity contribution in [1.29, 1.82) is 0 Å². The highest BCUT2D eigenvalue weighted by atomic mass is 16.3. The van der Waals surface area contributed by atoms with E-state index in [4.69, 9.17) is 0 Å². The number of aromatic nitrogens is 2. The molecule has 4 heteroatoms. The van der Waals surface area contributed by atoms with Crippen molar-refractivity contribution in [3.8, 4) is 0 Å². The van der Waals surface area contributed by atoms with Crippen LogP contribution in [0.4, 0.5) is 5.82 Å². The van der Waals surface area contributed by atoms with Gasteiger partial charge >= 0.3 is 0 Å². The summed E-state index contributed by atoms with van der Waals surface area (Å²) in [6.07, 6.45) is 1.70. The van der Waals surface area contributed by atoms with Gasteiger partial charge in [0.2, 0.25) is 0 Å². The minimum Gasteiger partial charge on any atom is -0.388 e. The maximum atomic E-state index is 9.97. The van der Waals surface area contributed by atoms with Crippen molar-refractivity contribution in [3.05, 3.63) is 18.1 Å². The number of nitrogens with zero attached hydrogens (tertiary/aromatic N) is 2. The zero-order chi connectivity index (χ0) is 11.7. The van der Waals surface area contributed by atoms with Gasteiger partial charge in [0.25, 0.3) is 0 Å². The molecular formula is C11H19N3O. The van der Waals surface area contributed by atoms with Gasteiger partial charge in [0, 0.05) is 6.20 Å². The van der Waals surface area contributed by atoms with E-state index in [1.165, 1.54) is 0 Å². The lowest BCUT2D eigenvalue weighted by Gasteiger charge is -2.38. The highest BCUT2D eigenvalue weighted by Crippen LogP contribution is 2.24. The van der Waals surface area contributed by atoms with Crippen LogP contribution in [-0.2, 0) is 0 Å². The van der Waals surface area contributed by atoms with Crippen molar-refractivity contribution in [2.75, 3.05) is 5.32 Å². The summed E-state index contributed by atoms with van der Waals surface area (Å²) in [5.41, 5.74) is -1.28. The summed E-state index contributed by atoms with van der Waals surface area (Å²) in [6, 6.07) is 1.79. The maximum absolute atomic E-state index is 9.97.